The van der Waals surface area contributed by atoms with Gasteiger partial charge in [0.2, 0.25) is 5.95 Å². The van der Waals surface area contributed by atoms with Crippen molar-refractivity contribution in [3.05, 3.63) is 32.9 Å². The van der Waals surface area contributed by atoms with Gasteiger partial charge in [0.05, 0.1) is 0 Å². The first kappa shape index (κ1) is 10.6. The van der Waals surface area contributed by atoms with Crippen molar-refractivity contribution in [1.82, 2.24) is 14.4 Å². The van der Waals surface area contributed by atoms with Crippen LogP contribution in [0, 0.1) is 27.7 Å². The highest BCUT2D eigenvalue weighted by molar-refractivity contribution is 5.56. The van der Waals surface area contributed by atoms with Crippen molar-refractivity contribution in [3.63, 3.8) is 0 Å². The molecule has 0 bridgehead atoms. The van der Waals surface area contributed by atoms with Crippen LogP contribution in [-0.2, 0) is 0 Å². The van der Waals surface area contributed by atoms with Crippen molar-refractivity contribution in [3.8, 4) is 0 Å². The molecular formula is C11H14N4O. The minimum Gasteiger partial charge on any atom is -0.368 e. The van der Waals surface area contributed by atoms with Gasteiger partial charge in [-0.1, -0.05) is 0 Å². The van der Waals surface area contributed by atoms with Crippen molar-refractivity contribution in [2.45, 2.75) is 27.7 Å². The van der Waals surface area contributed by atoms with Crippen molar-refractivity contribution < 1.29 is 0 Å². The number of nitrogens with zero attached hydrogens (tertiary/aromatic N) is 3. The molecule has 2 N–H and O–H groups in total. The van der Waals surface area contributed by atoms with E-state index >= 15 is 0 Å². The maximum atomic E-state index is 11.8. The van der Waals surface area contributed by atoms with E-state index in [1.807, 2.05) is 27.7 Å². The summed E-state index contributed by atoms with van der Waals surface area (Å²) in [5.41, 5.74) is 9.77. The lowest BCUT2D eigenvalue weighted by Crippen LogP contribution is -2.23. The van der Waals surface area contributed by atoms with E-state index < -0.39 is 0 Å². The second-order valence-corrected chi connectivity index (χ2v) is 3.98. The standard InChI is InChI=1S/C11H14N4O/c1-5-6(2)8(4)15-9(7(5)3)13-10(12)14-11(15)16/h1-4H3,(H2,12,14,16). The molecule has 0 spiro atoms. The molecule has 0 aromatic carbocycles. The Morgan fingerprint density at radius 2 is 1.62 bits per heavy atom. The van der Waals surface area contributed by atoms with Crippen LogP contribution >= 0.6 is 0 Å². The van der Waals surface area contributed by atoms with Crippen LogP contribution in [0.2, 0.25) is 0 Å². The maximum Gasteiger partial charge on any atom is 0.356 e. The molecule has 0 saturated carbocycles. The monoisotopic (exact) mass is 218 g/mol. The summed E-state index contributed by atoms with van der Waals surface area (Å²) in [5, 5.41) is 0. The molecule has 0 saturated heterocycles. The zero-order chi connectivity index (χ0) is 12.0. The molecule has 2 rings (SSSR count). The molecule has 2 heterocycles. The Hall–Kier alpha value is -1.91. The van der Waals surface area contributed by atoms with Gasteiger partial charge in [-0.3, -0.25) is 0 Å². The van der Waals surface area contributed by atoms with Gasteiger partial charge >= 0.3 is 5.69 Å². The molecule has 84 valence electrons. The molecule has 0 aliphatic heterocycles. The fourth-order valence-corrected chi connectivity index (χ4v) is 1.86. The summed E-state index contributed by atoms with van der Waals surface area (Å²) in [7, 11) is 0. The van der Waals surface area contributed by atoms with E-state index in [1.165, 1.54) is 4.40 Å². The van der Waals surface area contributed by atoms with E-state index in [0.717, 1.165) is 22.4 Å². The van der Waals surface area contributed by atoms with E-state index in [4.69, 9.17) is 5.73 Å². The highest BCUT2D eigenvalue weighted by atomic mass is 16.1. The van der Waals surface area contributed by atoms with E-state index in [9.17, 15) is 4.79 Å². The Morgan fingerprint density at radius 1 is 1.00 bits per heavy atom. The first-order valence-corrected chi connectivity index (χ1v) is 5.06. The molecule has 0 aliphatic rings. The third-order valence-electron chi connectivity index (χ3n) is 3.17. The van der Waals surface area contributed by atoms with Crippen molar-refractivity contribution in [2.24, 2.45) is 0 Å². The molecule has 0 aliphatic carbocycles. The molecular weight excluding hydrogens is 204 g/mol. The first-order chi connectivity index (χ1) is 7.43. The minimum absolute atomic E-state index is 0.0238. The number of nitrogens with two attached hydrogens (primary N) is 1. The van der Waals surface area contributed by atoms with E-state index in [1.54, 1.807) is 0 Å². The fourth-order valence-electron chi connectivity index (χ4n) is 1.86. The molecule has 0 unspecified atom stereocenters. The Kier molecular flexibility index (Phi) is 2.18. The Balaban J connectivity index is 3.15. The predicted octanol–water partition coefficient (Wildman–Crippen LogP) is 0.905. The Bertz CT molecular complexity index is 643. The molecule has 5 nitrogen and oxygen atoms in total. The van der Waals surface area contributed by atoms with Crippen LogP contribution in [0.3, 0.4) is 0 Å². The van der Waals surface area contributed by atoms with Crippen LogP contribution < -0.4 is 11.4 Å². The number of pyridine rings is 1. The van der Waals surface area contributed by atoms with Gasteiger partial charge in [0.15, 0.2) is 0 Å². The summed E-state index contributed by atoms with van der Waals surface area (Å²) in [6.07, 6.45) is 0. The lowest BCUT2D eigenvalue weighted by Gasteiger charge is -2.13. The van der Waals surface area contributed by atoms with Gasteiger partial charge in [-0.25, -0.2) is 9.20 Å². The van der Waals surface area contributed by atoms with Gasteiger partial charge in [0, 0.05) is 5.69 Å². The summed E-state index contributed by atoms with van der Waals surface area (Å²) in [6.45, 7) is 7.82. The zero-order valence-electron chi connectivity index (χ0n) is 9.83. The van der Waals surface area contributed by atoms with E-state index in [2.05, 4.69) is 9.97 Å². The van der Waals surface area contributed by atoms with Gasteiger partial charge in [0.1, 0.15) is 5.65 Å². The molecule has 0 atom stereocenters. The minimum atomic E-state index is -0.369. The lowest BCUT2D eigenvalue weighted by molar-refractivity contribution is 0.893. The smallest absolute Gasteiger partial charge is 0.356 e. The van der Waals surface area contributed by atoms with Gasteiger partial charge in [-0.15, -0.1) is 0 Å². The van der Waals surface area contributed by atoms with Crippen LogP contribution in [0.1, 0.15) is 22.4 Å². The number of hydrogen-bond donors (Lipinski definition) is 1. The number of aryl methyl sites for hydroxylation is 2. The van der Waals surface area contributed by atoms with Crippen LogP contribution in [0.25, 0.3) is 5.65 Å². The fraction of sp³-hybridized carbons (Fsp3) is 0.364. The molecule has 2 aromatic rings. The third-order valence-corrected chi connectivity index (χ3v) is 3.17. The molecule has 0 amide bonds. The normalized spacial score (nSPS) is 11.0. The van der Waals surface area contributed by atoms with Gasteiger partial charge in [-0.05, 0) is 44.4 Å². The quantitative estimate of drug-likeness (QED) is 0.713. The molecule has 16 heavy (non-hydrogen) atoms. The summed E-state index contributed by atoms with van der Waals surface area (Å²) in [6, 6.07) is 0. The average Bonchev–Trinajstić information content (AvgIpc) is 2.22. The Morgan fingerprint density at radius 3 is 2.25 bits per heavy atom. The lowest BCUT2D eigenvalue weighted by atomic mass is 10.0. The SMILES string of the molecule is Cc1c(C)c(C)n2c(=O)nc(N)nc2c1C. The number of anilines is 1. The average molecular weight is 218 g/mol. The Labute approximate surface area is 93.0 Å². The molecule has 0 radical (unpaired) electrons. The predicted molar refractivity (Wildman–Crippen MR) is 62.6 cm³/mol. The second kappa shape index (κ2) is 3.30. The van der Waals surface area contributed by atoms with Gasteiger partial charge in [-0.2, -0.15) is 9.97 Å². The summed E-state index contributed by atoms with van der Waals surface area (Å²) in [5.74, 6) is 0.0238. The highest BCUT2D eigenvalue weighted by Gasteiger charge is 2.12. The number of rotatable bonds is 0. The van der Waals surface area contributed by atoms with E-state index in [0.29, 0.717) is 5.65 Å². The summed E-state index contributed by atoms with van der Waals surface area (Å²) >= 11 is 0. The van der Waals surface area contributed by atoms with Crippen LogP contribution in [0.15, 0.2) is 4.79 Å². The topological polar surface area (TPSA) is 73.3 Å². The highest BCUT2D eigenvalue weighted by Crippen LogP contribution is 2.19. The number of fused-ring (bicyclic) bond motifs is 1. The van der Waals surface area contributed by atoms with Crippen LogP contribution in [0.5, 0.6) is 0 Å². The number of nitrogen functional groups attached to an aromatic ring is 1. The zero-order valence-corrected chi connectivity index (χ0v) is 9.83. The number of hydrogen-bond acceptors (Lipinski definition) is 4. The van der Waals surface area contributed by atoms with Crippen LogP contribution in [-0.4, -0.2) is 14.4 Å². The number of aromatic nitrogens is 3. The van der Waals surface area contributed by atoms with E-state index in [-0.39, 0.29) is 11.6 Å². The second-order valence-electron chi connectivity index (χ2n) is 3.98. The van der Waals surface area contributed by atoms with Crippen LogP contribution in [0.4, 0.5) is 5.95 Å². The first-order valence-electron chi connectivity index (χ1n) is 5.06. The summed E-state index contributed by atoms with van der Waals surface area (Å²) in [4.78, 5) is 19.5. The third kappa shape index (κ3) is 1.28. The van der Waals surface area contributed by atoms with Crippen molar-refractivity contribution in [1.29, 1.82) is 0 Å². The van der Waals surface area contributed by atoms with Crippen molar-refractivity contribution >= 4 is 11.6 Å². The van der Waals surface area contributed by atoms with Gasteiger partial charge < -0.3 is 5.73 Å². The maximum absolute atomic E-state index is 11.8. The van der Waals surface area contributed by atoms with Gasteiger partial charge in [0.25, 0.3) is 0 Å². The molecule has 0 fully saturated rings. The summed E-state index contributed by atoms with van der Waals surface area (Å²) < 4.78 is 1.51. The molecule has 5 heteroatoms. The molecule has 2 aromatic heterocycles. The largest absolute Gasteiger partial charge is 0.368 e. The van der Waals surface area contributed by atoms with Crippen molar-refractivity contribution in [2.75, 3.05) is 5.73 Å².